The third kappa shape index (κ3) is 6.07. The van der Waals surface area contributed by atoms with Gasteiger partial charge in [-0.15, -0.1) is 11.8 Å². The first-order valence-electron chi connectivity index (χ1n) is 9.97. The number of aromatic nitrogens is 3. The highest BCUT2D eigenvalue weighted by Crippen LogP contribution is 2.27. The van der Waals surface area contributed by atoms with Crippen molar-refractivity contribution in [1.29, 1.82) is 0 Å². The second-order valence-electron chi connectivity index (χ2n) is 7.43. The third-order valence-corrected chi connectivity index (χ3v) is 6.21. The third-order valence-electron chi connectivity index (χ3n) is 4.55. The number of ether oxygens (including phenoxy) is 1. The minimum absolute atomic E-state index is 0.343. The molecule has 2 aromatic heterocycles. The van der Waals surface area contributed by atoms with Gasteiger partial charge in [0.1, 0.15) is 5.54 Å². The van der Waals surface area contributed by atoms with E-state index in [-0.39, 0.29) is 5.91 Å². The lowest BCUT2D eigenvalue weighted by atomic mass is 10.1. The van der Waals surface area contributed by atoms with Crippen LogP contribution in [-0.4, -0.2) is 58.8 Å². The molecule has 11 heteroatoms. The smallest absolute Gasteiger partial charge is 0.330 e. The molecule has 0 aliphatic carbocycles. The molecule has 2 heterocycles. The van der Waals surface area contributed by atoms with Crippen molar-refractivity contribution in [2.45, 2.75) is 30.7 Å². The van der Waals surface area contributed by atoms with Crippen LogP contribution < -0.4 is 16.0 Å². The van der Waals surface area contributed by atoms with Crippen molar-refractivity contribution >= 4 is 56.3 Å². The van der Waals surface area contributed by atoms with Gasteiger partial charge < -0.3 is 20.7 Å². The molecule has 0 atom stereocenters. The average Bonchev–Trinajstić information content (AvgIpc) is 3.20. The summed E-state index contributed by atoms with van der Waals surface area (Å²) in [4.78, 5) is 38.5. The molecule has 0 radical (unpaired) electrons. The fraction of sp³-hybridized carbons (Fsp3) is 0.381. The number of nitrogens with one attached hydrogen (secondary N) is 3. The molecule has 0 unspecified atom stereocenters. The molecule has 9 nitrogen and oxygen atoms in total. The fourth-order valence-corrected chi connectivity index (χ4v) is 4.05. The van der Waals surface area contributed by atoms with E-state index in [1.54, 1.807) is 56.2 Å². The summed E-state index contributed by atoms with van der Waals surface area (Å²) in [6.07, 6.45) is 6.44. The lowest BCUT2D eigenvalue weighted by Gasteiger charge is -2.23. The zero-order chi connectivity index (χ0) is 23.1. The molecule has 170 valence electrons. The molecule has 1 amide bonds. The number of methoxy groups -OCH3 is 1. The van der Waals surface area contributed by atoms with Crippen LogP contribution in [0.4, 0.5) is 11.1 Å². The minimum Gasteiger partial charge on any atom is -0.467 e. The summed E-state index contributed by atoms with van der Waals surface area (Å²) in [6, 6.07) is 5.27. The molecule has 0 aliphatic heterocycles. The summed E-state index contributed by atoms with van der Waals surface area (Å²) in [5, 5.41) is 9.99. The molecular formula is C21H26N6O3S2. The van der Waals surface area contributed by atoms with Gasteiger partial charge in [-0.1, -0.05) is 11.3 Å². The minimum atomic E-state index is -1.11. The van der Waals surface area contributed by atoms with Crippen molar-refractivity contribution in [2.75, 3.05) is 37.1 Å². The highest BCUT2D eigenvalue weighted by atomic mass is 32.2. The van der Waals surface area contributed by atoms with Gasteiger partial charge in [-0.25, -0.2) is 19.7 Å². The van der Waals surface area contributed by atoms with Crippen molar-refractivity contribution in [3.63, 3.8) is 0 Å². The molecule has 0 saturated carbocycles. The Kier molecular flexibility index (Phi) is 7.86. The number of thioether (sulfide) groups is 1. The van der Waals surface area contributed by atoms with Crippen LogP contribution in [0.2, 0.25) is 0 Å². The zero-order valence-electron chi connectivity index (χ0n) is 18.4. The van der Waals surface area contributed by atoms with Gasteiger partial charge in [0.25, 0.3) is 5.91 Å². The van der Waals surface area contributed by atoms with Gasteiger partial charge in [-0.05, 0) is 44.7 Å². The van der Waals surface area contributed by atoms with E-state index in [9.17, 15) is 9.59 Å². The normalized spacial score (nSPS) is 11.2. The molecule has 3 aromatic rings. The average molecular weight is 475 g/mol. The topological polar surface area (TPSA) is 118 Å². The van der Waals surface area contributed by atoms with E-state index in [0.29, 0.717) is 11.5 Å². The summed E-state index contributed by atoms with van der Waals surface area (Å²) in [5.41, 5.74) is 0.153. The Bertz CT molecular complexity index is 1080. The highest BCUT2D eigenvalue weighted by molar-refractivity contribution is 7.98. The summed E-state index contributed by atoms with van der Waals surface area (Å²) in [6.45, 7) is 4.67. The number of anilines is 2. The standard InChI is InChI=1S/C21H26N6O3S2/c1-21(2,18(29)30-3)27-17(28)13-6-7-15-16(10-13)32-20(26-15)23-9-5-8-22-19-24-11-14(31-4)12-25-19/h6-7,10-12H,5,8-9H2,1-4H3,(H,23,26)(H,27,28)(H,22,24,25). The molecule has 32 heavy (non-hydrogen) atoms. The van der Waals surface area contributed by atoms with E-state index in [2.05, 4.69) is 30.9 Å². The lowest BCUT2D eigenvalue weighted by Crippen LogP contribution is -2.50. The van der Waals surface area contributed by atoms with Crippen LogP contribution in [0.3, 0.4) is 0 Å². The number of hydrogen-bond acceptors (Lipinski definition) is 10. The number of benzene rings is 1. The first kappa shape index (κ1) is 23.7. The van der Waals surface area contributed by atoms with E-state index in [4.69, 9.17) is 4.74 Å². The fourth-order valence-electron chi connectivity index (χ4n) is 2.80. The SMILES string of the molecule is COC(=O)C(C)(C)NC(=O)c1ccc2nc(NCCCNc3ncc(SC)cn3)sc2c1. The second kappa shape index (κ2) is 10.6. The largest absolute Gasteiger partial charge is 0.467 e. The molecule has 0 saturated heterocycles. The number of nitrogens with zero attached hydrogens (tertiary/aromatic N) is 3. The zero-order valence-corrected chi connectivity index (χ0v) is 20.0. The monoisotopic (exact) mass is 474 g/mol. The van der Waals surface area contributed by atoms with Crippen LogP contribution in [0.25, 0.3) is 10.2 Å². The van der Waals surface area contributed by atoms with E-state index in [1.165, 1.54) is 18.4 Å². The van der Waals surface area contributed by atoms with Crippen LogP contribution in [0, 0.1) is 0 Å². The van der Waals surface area contributed by atoms with Gasteiger partial charge >= 0.3 is 5.97 Å². The number of amides is 1. The Hall–Kier alpha value is -2.92. The Morgan fingerprint density at radius 2 is 1.88 bits per heavy atom. The van der Waals surface area contributed by atoms with E-state index in [0.717, 1.165) is 39.8 Å². The second-order valence-corrected chi connectivity index (χ2v) is 9.34. The molecular weight excluding hydrogens is 448 g/mol. The number of carbonyl (C=O) groups excluding carboxylic acids is 2. The van der Waals surface area contributed by atoms with Crippen molar-refractivity contribution in [2.24, 2.45) is 0 Å². The molecule has 0 fully saturated rings. The van der Waals surface area contributed by atoms with Gasteiger partial charge in [0, 0.05) is 35.9 Å². The van der Waals surface area contributed by atoms with E-state index in [1.807, 2.05) is 6.26 Å². The maximum absolute atomic E-state index is 12.6. The molecule has 0 bridgehead atoms. The van der Waals surface area contributed by atoms with Crippen LogP contribution >= 0.6 is 23.1 Å². The number of carbonyl (C=O) groups is 2. The molecule has 0 spiro atoms. The maximum atomic E-state index is 12.6. The summed E-state index contributed by atoms with van der Waals surface area (Å²) < 4.78 is 5.62. The van der Waals surface area contributed by atoms with Gasteiger partial charge in [0.2, 0.25) is 5.95 Å². The van der Waals surface area contributed by atoms with Gasteiger partial charge in [-0.3, -0.25) is 4.79 Å². The molecule has 3 N–H and O–H groups in total. The number of thiazole rings is 1. The van der Waals surface area contributed by atoms with Crippen molar-refractivity contribution < 1.29 is 14.3 Å². The number of esters is 1. The predicted octanol–water partition coefficient (Wildman–Crippen LogP) is 3.40. The highest BCUT2D eigenvalue weighted by Gasteiger charge is 2.30. The predicted molar refractivity (Wildman–Crippen MR) is 129 cm³/mol. The van der Waals surface area contributed by atoms with E-state index < -0.39 is 11.5 Å². The summed E-state index contributed by atoms with van der Waals surface area (Å²) >= 11 is 3.08. The first-order valence-corrected chi connectivity index (χ1v) is 12.0. The van der Waals surface area contributed by atoms with Gasteiger partial charge in [0.05, 0.1) is 17.3 Å². The molecule has 1 aromatic carbocycles. The Morgan fingerprint density at radius 3 is 2.56 bits per heavy atom. The molecule has 3 rings (SSSR count). The quantitative estimate of drug-likeness (QED) is 0.231. The van der Waals surface area contributed by atoms with Gasteiger partial charge in [0.15, 0.2) is 5.13 Å². The van der Waals surface area contributed by atoms with Crippen LogP contribution in [0.5, 0.6) is 0 Å². The summed E-state index contributed by atoms with van der Waals surface area (Å²) in [7, 11) is 1.29. The van der Waals surface area contributed by atoms with Crippen LogP contribution in [0.15, 0.2) is 35.5 Å². The Balaban J connectivity index is 1.52. The first-order chi connectivity index (χ1) is 15.3. The van der Waals surface area contributed by atoms with Crippen LogP contribution in [-0.2, 0) is 9.53 Å². The van der Waals surface area contributed by atoms with Crippen molar-refractivity contribution in [3.8, 4) is 0 Å². The number of hydrogen-bond donors (Lipinski definition) is 3. The summed E-state index contributed by atoms with van der Waals surface area (Å²) in [5.74, 6) is -0.234. The molecule has 0 aliphatic rings. The lowest BCUT2D eigenvalue weighted by molar-refractivity contribution is -0.146. The van der Waals surface area contributed by atoms with E-state index >= 15 is 0 Å². The maximum Gasteiger partial charge on any atom is 0.330 e. The van der Waals surface area contributed by atoms with Crippen LogP contribution in [0.1, 0.15) is 30.6 Å². The number of fused-ring (bicyclic) bond motifs is 1. The Labute approximate surface area is 194 Å². The van der Waals surface area contributed by atoms with Crippen molar-refractivity contribution in [3.05, 3.63) is 36.2 Å². The number of rotatable bonds is 10. The van der Waals surface area contributed by atoms with Gasteiger partial charge in [-0.2, -0.15) is 0 Å². The van der Waals surface area contributed by atoms with Crippen molar-refractivity contribution in [1.82, 2.24) is 20.3 Å². The Morgan fingerprint density at radius 1 is 1.16 bits per heavy atom.